The van der Waals surface area contributed by atoms with Crippen LogP contribution in [0.5, 0.6) is 0 Å². The number of anilines is 1. The highest BCUT2D eigenvalue weighted by Gasteiger charge is 2.26. The molecule has 4 rings (SSSR count). The molecule has 1 saturated heterocycles. The number of hydrogen-bond acceptors (Lipinski definition) is 6. The predicted octanol–water partition coefficient (Wildman–Crippen LogP) is 2.35. The molecule has 8 nitrogen and oxygen atoms in total. The van der Waals surface area contributed by atoms with Crippen molar-refractivity contribution in [3.8, 4) is 6.07 Å². The normalized spacial score (nSPS) is 13.6. The lowest BCUT2D eigenvalue weighted by atomic mass is 10.0. The van der Waals surface area contributed by atoms with Crippen LogP contribution in [0.3, 0.4) is 0 Å². The minimum Gasteiger partial charge on any atom is -0.352 e. The molecule has 0 saturated carbocycles. The van der Waals surface area contributed by atoms with Gasteiger partial charge in [-0.3, -0.25) is 9.59 Å². The van der Waals surface area contributed by atoms with Crippen LogP contribution in [0.15, 0.2) is 41.3 Å². The summed E-state index contributed by atoms with van der Waals surface area (Å²) in [6, 6.07) is 10.0. The van der Waals surface area contributed by atoms with Crippen LogP contribution in [0, 0.1) is 31.0 Å². The number of carbonyl (C=O) groups is 1. The Balaban J connectivity index is 1.50. The van der Waals surface area contributed by atoms with Crippen molar-refractivity contribution < 1.29 is 9.18 Å². The van der Waals surface area contributed by atoms with E-state index in [0.29, 0.717) is 55.2 Å². The third kappa shape index (κ3) is 4.46. The number of nitriles is 1. The number of aromatic nitrogens is 3. The summed E-state index contributed by atoms with van der Waals surface area (Å²) in [5.41, 5.74) is 3.02. The lowest BCUT2D eigenvalue weighted by Crippen LogP contribution is -2.49. The molecule has 1 fully saturated rings. The number of benzene rings is 1. The van der Waals surface area contributed by atoms with Crippen molar-refractivity contribution >= 4 is 11.7 Å². The van der Waals surface area contributed by atoms with E-state index in [4.69, 9.17) is 0 Å². The molecule has 3 aromatic rings. The third-order valence-electron chi connectivity index (χ3n) is 6.03. The van der Waals surface area contributed by atoms with Crippen molar-refractivity contribution in [3.63, 3.8) is 0 Å². The van der Waals surface area contributed by atoms with E-state index in [-0.39, 0.29) is 17.0 Å². The Kier molecular flexibility index (Phi) is 6.18. The Morgan fingerprint density at radius 2 is 1.94 bits per heavy atom. The fraction of sp³-hybridized carbons (Fsp3) is 0.292. The molecule has 1 amide bonds. The molecule has 0 radical (unpaired) electrons. The van der Waals surface area contributed by atoms with Crippen molar-refractivity contribution in [2.24, 2.45) is 0 Å². The zero-order valence-electron chi connectivity index (χ0n) is 18.4. The summed E-state index contributed by atoms with van der Waals surface area (Å²) in [6.07, 6.45) is 2.00. The summed E-state index contributed by atoms with van der Waals surface area (Å²) in [5.74, 6) is -0.359. The van der Waals surface area contributed by atoms with E-state index in [1.807, 2.05) is 11.8 Å². The second-order valence-corrected chi connectivity index (χ2v) is 8.01. The smallest absolute Gasteiger partial charge is 0.267 e. The van der Waals surface area contributed by atoms with E-state index in [1.165, 1.54) is 6.07 Å². The van der Waals surface area contributed by atoms with Gasteiger partial charge < -0.3 is 9.80 Å². The molecule has 0 aliphatic carbocycles. The first kappa shape index (κ1) is 22.1. The highest BCUT2D eigenvalue weighted by atomic mass is 19.1. The van der Waals surface area contributed by atoms with Gasteiger partial charge in [-0.2, -0.15) is 10.4 Å². The molecule has 33 heavy (non-hydrogen) atoms. The SMILES string of the molecule is Cc1c(Cc2ccc(F)c(C(=O)N3CCN(c4ncccc4C#N)CC3)c2)n[nH]c(=O)c1C. The van der Waals surface area contributed by atoms with Crippen molar-refractivity contribution in [3.05, 3.63) is 86.2 Å². The number of rotatable bonds is 4. The molecular formula is C24H23FN6O2. The molecule has 3 heterocycles. The molecule has 1 aromatic carbocycles. The molecule has 168 valence electrons. The Bertz CT molecular complexity index is 1310. The maximum atomic E-state index is 14.6. The van der Waals surface area contributed by atoms with Gasteiger partial charge in [0.15, 0.2) is 0 Å². The molecule has 0 bridgehead atoms. The Labute approximate surface area is 190 Å². The monoisotopic (exact) mass is 446 g/mol. The van der Waals surface area contributed by atoms with Gasteiger partial charge >= 0.3 is 0 Å². The Hall–Kier alpha value is -4.06. The highest BCUT2D eigenvalue weighted by molar-refractivity contribution is 5.95. The average molecular weight is 446 g/mol. The number of nitrogens with one attached hydrogen (secondary N) is 1. The van der Waals surface area contributed by atoms with Gasteiger partial charge in [0.05, 0.1) is 16.8 Å². The summed E-state index contributed by atoms with van der Waals surface area (Å²) >= 11 is 0. The number of H-pyrrole nitrogens is 1. The number of aromatic amines is 1. The van der Waals surface area contributed by atoms with Gasteiger partial charge in [-0.05, 0) is 49.2 Å². The molecular weight excluding hydrogens is 423 g/mol. The van der Waals surface area contributed by atoms with Gasteiger partial charge in [0.1, 0.15) is 17.7 Å². The number of nitrogens with zero attached hydrogens (tertiary/aromatic N) is 5. The topological polar surface area (TPSA) is 106 Å². The number of halogens is 1. The zero-order valence-corrected chi connectivity index (χ0v) is 18.4. The number of carbonyl (C=O) groups excluding carboxylic acids is 1. The van der Waals surface area contributed by atoms with Crippen LogP contribution in [0.1, 0.15) is 38.3 Å². The lowest BCUT2D eigenvalue weighted by Gasteiger charge is -2.35. The van der Waals surface area contributed by atoms with E-state index in [2.05, 4.69) is 21.3 Å². The average Bonchev–Trinajstić information content (AvgIpc) is 2.85. The second kappa shape index (κ2) is 9.20. The maximum Gasteiger partial charge on any atom is 0.267 e. The molecule has 0 atom stereocenters. The van der Waals surface area contributed by atoms with Crippen LogP contribution in [-0.4, -0.2) is 52.2 Å². The van der Waals surface area contributed by atoms with Gasteiger partial charge in [0, 0.05) is 44.4 Å². The Morgan fingerprint density at radius 1 is 1.18 bits per heavy atom. The third-order valence-corrected chi connectivity index (χ3v) is 6.03. The highest BCUT2D eigenvalue weighted by Crippen LogP contribution is 2.21. The van der Waals surface area contributed by atoms with E-state index in [9.17, 15) is 19.2 Å². The van der Waals surface area contributed by atoms with Crippen LogP contribution >= 0.6 is 0 Å². The quantitative estimate of drug-likeness (QED) is 0.660. The summed E-state index contributed by atoms with van der Waals surface area (Å²) in [7, 11) is 0. The molecule has 1 aliphatic heterocycles. The van der Waals surface area contributed by atoms with E-state index in [0.717, 1.165) is 11.1 Å². The standard InChI is InChI=1S/C24H23FN6O2/c1-15-16(2)23(32)29-28-21(15)13-17-5-6-20(25)19(12-17)24(33)31-10-8-30(9-11-31)22-18(14-26)4-3-7-27-22/h3-7,12H,8-11,13H2,1-2H3,(H,29,32). The number of amides is 1. The zero-order chi connectivity index (χ0) is 23.5. The molecule has 9 heteroatoms. The number of hydrogen-bond donors (Lipinski definition) is 1. The molecule has 0 unspecified atom stereocenters. The Morgan fingerprint density at radius 3 is 2.67 bits per heavy atom. The van der Waals surface area contributed by atoms with E-state index < -0.39 is 5.82 Å². The fourth-order valence-electron chi connectivity index (χ4n) is 3.91. The summed E-state index contributed by atoms with van der Waals surface area (Å²) < 4.78 is 14.6. The van der Waals surface area contributed by atoms with Crippen LogP contribution < -0.4 is 10.5 Å². The van der Waals surface area contributed by atoms with Gasteiger partial charge in [-0.1, -0.05) is 6.07 Å². The first-order valence-corrected chi connectivity index (χ1v) is 10.6. The van der Waals surface area contributed by atoms with Crippen LogP contribution in [-0.2, 0) is 6.42 Å². The van der Waals surface area contributed by atoms with Crippen molar-refractivity contribution in [2.45, 2.75) is 20.3 Å². The van der Waals surface area contributed by atoms with Crippen molar-refractivity contribution in [2.75, 3.05) is 31.1 Å². The van der Waals surface area contributed by atoms with Crippen molar-refractivity contribution in [1.29, 1.82) is 5.26 Å². The van der Waals surface area contributed by atoms with E-state index in [1.54, 1.807) is 42.3 Å². The first-order valence-electron chi connectivity index (χ1n) is 10.6. The molecule has 0 spiro atoms. The lowest BCUT2D eigenvalue weighted by molar-refractivity contribution is 0.0741. The maximum absolute atomic E-state index is 14.6. The van der Waals surface area contributed by atoms with Gasteiger partial charge in [0.25, 0.3) is 11.5 Å². The number of piperazine rings is 1. The van der Waals surface area contributed by atoms with Crippen molar-refractivity contribution in [1.82, 2.24) is 20.1 Å². The largest absolute Gasteiger partial charge is 0.352 e. The van der Waals surface area contributed by atoms with Gasteiger partial charge in [0.2, 0.25) is 0 Å². The first-order chi connectivity index (χ1) is 15.9. The van der Waals surface area contributed by atoms with Gasteiger partial charge in [-0.15, -0.1) is 0 Å². The summed E-state index contributed by atoms with van der Waals surface area (Å²) in [5, 5.41) is 15.9. The van der Waals surface area contributed by atoms with Crippen LogP contribution in [0.4, 0.5) is 10.2 Å². The summed E-state index contributed by atoms with van der Waals surface area (Å²) in [6.45, 7) is 5.33. The summed E-state index contributed by atoms with van der Waals surface area (Å²) in [4.78, 5) is 32.7. The minimum atomic E-state index is -0.579. The molecule has 2 aromatic heterocycles. The van der Waals surface area contributed by atoms with Gasteiger partial charge in [-0.25, -0.2) is 14.5 Å². The molecule has 1 N–H and O–H groups in total. The van der Waals surface area contributed by atoms with Crippen LogP contribution in [0.2, 0.25) is 0 Å². The van der Waals surface area contributed by atoms with Crippen LogP contribution in [0.25, 0.3) is 0 Å². The minimum absolute atomic E-state index is 0.00954. The van der Waals surface area contributed by atoms with E-state index >= 15 is 0 Å². The molecule has 1 aliphatic rings. The number of pyridine rings is 1. The predicted molar refractivity (Wildman–Crippen MR) is 121 cm³/mol. The second-order valence-electron chi connectivity index (χ2n) is 8.01. The fourth-order valence-corrected chi connectivity index (χ4v) is 3.91.